The molecule has 1 aliphatic heterocycles. The minimum atomic E-state index is -0.868. The van der Waals surface area contributed by atoms with Gasteiger partial charge in [-0.1, -0.05) is 35.9 Å². The van der Waals surface area contributed by atoms with Crippen molar-refractivity contribution in [1.29, 1.82) is 0 Å². The topological polar surface area (TPSA) is 58.6 Å². The number of likely N-dealkylation sites (N-methyl/N-ethyl adjacent to an activating group) is 1. The number of carbonyl (C=O) groups excluding carboxylic acids is 2. The van der Waals surface area contributed by atoms with Crippen molar-refractivity contribution in [1.82, 2.24) is 10.2 Å². The molecule has 0 saturated carbocycles. The Morgan fingerprint density at radius 1 is 1.31 bits per heavy atom. The van der Waals surface area contributed by atoms with Crippen molar-refractivity contribution in [3.63, 3.8) is 0 Å². The molecule has 1 aliphatic rings. The van der Waals surface area contributed by atoms with Crippen LogP contribution in [0.4, 0.5) is 4.39 Å². The van der Waals surface area contributed by atoms with Crippen LogP contribution in [0, 0.1) is 5.82 Å². The first-order valence-electron chi connectivity index (χ1n) is 8.10. The van der Waals surface area contributed by atoms with Crippen LogP contribution in [-0.2, 0) is 20.9 Å². The minimum absolute atomic E-state index is 0.168. The molecule has 1 fully saturated rings. The van der Waals surface area contributed by atoms with Crippen molar-refractivity contribution in [2.75, 3.05) is 13.7 Å². The number of rotatable bonds is 4. The average Bonchev–Trinajstić information content (AvgIpc) is 2.63. The molecule has 3 rings (SSSR count). The Morgan fingerprint density at radius 2 is 2.04 bits per heavy atom. The molecule has 0 aliphatic carbocycles. The van der Waals surface area contributed by atoms with Gasteiger partial charge in [0.1, 0.15) is 12.4 Å². The maximum absolute atomic E-state index is 13.3. The average molecular weight is 377 g/mol. The van der Waals surface area contributed by atoms with E-state index in [1.54, 1.807) is 43.4 Å². The maximum Gasteiger partial charge on any atom is 0.251 e. The maximum atomic E-state index is 13.3. The normalized spacial score (nSPS) is 20.1. The quantitative estimate of drug-likeness (QED) is 0.892. The zero-order chi connectivity index (χ0) is 18.7. The van der Waals surface area contributed by atoms with Gasteiger partial charge in [0.2, 0.25) is 5.91 Å². The molecule has 0 bridgehead atoms. The number of nitrogens with zero attached hydrogens (tertiary/aromatic N) is 1. The van der Waals surface area contributed by atoms with E-state index in [-0.39, 0.29) is 30.8 Å². The van der Waals surface area contributed by atoms with Gasteiger partial charge in [-0.05, 0) is 35.4 Å². The van der Waals surface area contributed by atoms with Gasteiger partial charge in [0, 0.05) is 18.6 Å². The third-order valence-corrected chi connectivity index (χ3v) is 4.56. The molecule has 7 heteroatoms. The third-order valence-electron chi connectivity index (χ3n) is 4.31. The summed E-state index contributed by atoms with van der Waals surface area (Å²) in [7, 11) is 1.64. The van der Waals surface area contributed by atoms with E-state index < -0.39 is 12.1 Å². The summed E-state index contributed by atoms with van der Waals surface area (Å²) in [6.45, 7) is 0.0000927. The summed E-state index contributed by atoms with van der Waals surface area (Å²) in [6.07, 6.45) is -0.868. The van der Waals surface area contributed by atoms with Crippen LogP contribution in [0.15, 0.2) is 48.5 Å². The standard InChI is InChI=1S/C19H18ClFN2O3/c1-23-16(24)11-26-18(17(23)13-5-7-14(20)8-6-13)19(25)22-10-12-3-2-4-15(21)9-12/h2-9,17-18H,10-11H2,1H3,(H,22,25)/t17-,18-/m0/s1. The second-order valence-corrected chi connectivity index (χ2v) is 6.52. The summed E-state index contributed by atoms with van der Waals surface area (Å²) in [5, 5.41) is 3.31. The van der Waals surface area contributed by atoms with Crippen molar-refractivity contribution in [2.45, 2.75) is 18.7 Å². The SMILES string of the molecule is CN1C(=O)CO[C@H](C(=O)NCc2cccc(F)c2)[C@@H]1c1ccc(Cl)cc1. The van der Waals surface area contributed by atoms with Crippen molar-refractivity contribution in [3.05, 3.63) is 70.5 Å². The lowest BCUT2D eigenvalue weighted by molar-refractivity contribution is -0.162. The monoisotopic (exact) mass is 376 g/mol. The van der Waals surface area contributed by atoms with Gasteiger partial charge in [-0.25, -0.2) is 4.39 Å². The second kappa shape index (κ2) is 7.85. The third kappa shape index (κ3) is 4.03. The number of carbonyl (C=O) groups is 2. The fraction of sp³-hybridized carbons (Fsp3) is 0.263. The predicted octanol–water partition coefficient (Wildman–Crippen LogP) is 2.69. The van der Waals surface area contributed by atoms with Crippen LogP contribution in [0.3, 0.4) is 0 Å². The molecule has 0 aromatic heterocycles. The summed E-state index contributed by atoms with van der Waals surface area (Å²) in [5.74, 6) is -0.942. The predicted molar refractivity (Wildman–Crippen MR) is 94.9 cm³/mol. The van der Waals surface area contributed by atoms with Crippen LogP contribution in [0.1, 0.15) is 17.2 Å². The van der Waals surface area contributed by atoms with E-state index in [0.717, 1.165) is 5.56 Å². The Labute approximate surface area is 155 Å². The van der Waals surface area contributed by atoms with E-state index in [4.69, 9.17) is 16.3 Å². The Hall–Kier alpha value is -2.44. The van der Waals surface area contributed by atoms with E-state index in [1.165, 1.54) is 17.0 Å². The van der Waals surface area contributed by atoms with Crippen LogP contribution in [0.25, 0.3) is 0 Å². The number of hydrogen-bond donors (Lipinski definition) is 1. The lowest BCUT2D eigenvalue weighted by atomic mass is 9.97. The molecule has 0 spiro atoms. The van der Waals surface area contributed by atoms with Gasteiger partial charge in [-0.3, -0.25) is 9.59 Å². The van der Waals surface area contributed by atoms with E-state index >= 15 is 0 Å². The smallest absolute Gasteiger partial charge is 0.251 e. The number of benzene rings is 2. The molecule has 0 unspecified atom stereocenters. The lowest BCUT2D eigenvalue weighted by Gasteiger charge is -2.38. The molecule has 2 atom stereocenters. The Balaban J connectivity index is 1.77. The fourth-order valence-electron chi connectivity index (χ4n) is 2.93. The first-order chi connectivity index (χ1) is 12.5. The van der Waals surface area contributed by atoms with Crippen LogP contribution >= 0.6 is 11.6 Å². The number of amides is 2. The van der Waals surface area contributed by atoms with Crippen LogP contribution in [0.2, 0.25) is 5.02 Å². The van der Waals surface area contributed by atoms with E-state index in [9.17, 15) is 14.0 Å². The molecule has 136 valence electrons. The van der Waals surface area contributed by atoms with Gasteiger partial charge >= 0.3 is 0 Å². The summed E-state index contributed by atoms with van der Waals surface area (Å²) >= 11 is 5.92. The summed E-state index contributed by atoms with van der Waals surface area (Å²) in [4.78, 5) is 26.2. The van der Waals surface area contributed by atoms with Gasteiger partial charge < -0.3 is 15.0 Å². The molecule has 2 aromatic rings. The number of nitrogens with one attached hydrogen (secondary N) is 1. The molecule has 1 saturated heterocycles. The number of hydrogen-bond acceptors (Lipinski definition) is 3. The molecule has 26 heavy (non-hydrogen) atoms. The summed E-state index contributed by atoms with van der Waals surface area (Å²) in [5.41, 5.74) is 1.39. The van der Waals surface area contributed by atoms with Crippen molar-refractivity contribution in [2.24, 2.45) is 0 Å². The Morgan fingerprint density at radius 3 is 2.73 bits per heavy atom. The van der Waals surface area contributed by atoms with Gasteiger partial charge in [-0.2, -0.15) is 0 Å². The van der Waals surface area contributed by atoms with Crippen molar-refractivity contribution < 1.29 is 18.7 Å². The molecular formula is C19H18ClFN2O3. The highest BCUT2D eigenvalue weighted by Crippen LogP contribution is 2.30. The lowest BCUT2D eigenvalue weighted by Crippen LogP contribution is -2.52. The number of halogens is 2. The van der Waals surface area contributed by atoms with E-state index in [2.05, 4.69) is 5.32 Å². The molecule has 2 amide bonds. The van der Waals surface area contributed by atoms with Crippen LogP contribution in [-0.4, -0.2) is 36.5 Å². The number of ether oxygens (including phenoxy) is 1. The molecular weight excluding hydrogens is 359 g/mol. The first-order valence-corrected chi connectivity index (χ1v) is 8.48. The van der Waals surface area contributed by atoms with Crippen LogP contribution in [0.5, 0.6) is 0 Å². The zero-order valence-electron chi connectivity index (χ0n) is 14.1. The zero-order valence-corrected chi connectivity index (χ0v) is 14.9. The highest BCUT2D eigenvalue weighted by molar-refractivity contribution is 6.30. The summed E-state index contributed by atoms with van der Waals surface area (Å²) < 4.78 is 18.8. The van der Waals surface area contributed by atoms with Crippen molar-refractivity contribution >= 4 is 23.4 Å². The highest BCUT2D eigenvalue weighted by atomic mass is 35.5. The van der Waals surface area contributed by atoms with Gasteiger partial charge in [0.05, 0.1) is 6.04 Å². The largest absolute Gasteiger partial charge is 0.356 e. The Bertz CT molecular complexity index is 813. The molecule has 1 heterocycles. The fourth-order valence-corrected chi connectivity index (χ4v) is 3.05. The molecule has 5 nitrogen and oxygen atoms in total. The van der Waals surface area contributed by atoms with E-state index in [0.29, 0.717) is 10.6 Å². The second-order valence-electron chi connectivity index (χ2n) is 6.08. The Kier molecular flexibility index (Phi) is 5.54. The van der Waals surface area contributed by atoms with Gasteiger partial charge in [0.15, 0.2) is 6.10 Å². The summed E-state index contributed by atoms with van der Waals surface area (Å²) in [6, 6.07) is 12.4. The molecule has 1 N–H and O–H groups in total. The van der Waals surface area contributed by atoms with E-state index in [1.807, 2.05) is 0 Å². The molecule has 2 aromatic carbocycles. The first kappa shape index (κ1) is 18.4. The molecule has 0 radical (unpaired) electrons. The van der Waals surface area contributed by atoms with Gasteiger partial charge in [-0.15, -0.1) is 0 Å². The van der Waals surface area contributed by atoms with Crippen LogP contribution < -0.4 is 5.32 Å². The number of morpholine rings is 1. The van der Waals surface area contributed by atoms with Gasteiger partial charge in [0.25, 0.3) is 5.91 Å². The highest BCUT2D eigenvalue weighted by Gasteiger charge is 2.39. The minimum Gasteiger partial charge on any atom is -0.356 e. The van der Waals surface area contributed by atoms with Crippen molar-refractivity contribution in [3.8, 4) is 0 Å².